The van der Waals surface area contributed by atoms with Gasteiger partial charge in [-0.1, -0.05) is 63.2 Å². The topological polar surface area (TPSA) is 63.5 Å². The van der Waals surface area contributed by atoms with Crippen molar-refractivity contribution >= 4 is 27.1 Å². The summed E-state index contributed by atoms with van der Waals surface area (Å²) in [5.74, 6) is -0.282. The van der Waals surface area contributed by atoms with Gasteiger partial charge in [0.25, 0.3) is 10.0 Å². The van der Waals surface area contributed by atoms with E-state index in [2.05, 4.69) is 30.7 Å². The van der Waals surface area contributed by atoms with Gasteiger partial charge in [0, 0.05) is 29.2 Å². The third-order valence-corrected chi connectivity index (χ3v) is 6.71. The maximum Gasteiger partial charge on any atom is 0.276 e. The highest BCUT2D eigenvalue weighted by Crippen LogP contribution is 2.24. The molecule has 1 aromatic heterocycles. The Morgan fingerprint density at radius 1 is 1.00 bits per heavy atom. The van der Waals surface area contributed by atoms with Gasteiger partial charge in [0.05, 0.1) is 11.1 Å². The third kappa shape index (κ3) is 5.14. The molecule has 0 radical (unpaired) electrons. The van der Waals surface area contributed by atoms with Crippen molar-refractivity contribution < 1.29 is 12.8 Å². The first-order chi connectivity index (χ1) is 15.6. The molecule has 0 saturated carbocycles. The first kappa shape index (κ1) is 22.7. The molecule has 0 atom stereocenters. The standard InChI is InChI=1S/C26H26FN3O2S/c1-26(2,3)21-11-13-23(14-12-21)33(31,32)29-28-16-20-18-30(25-10-5-4-9-24(20)25)17-19-7-6-8-22(27)15-19/h4-16,18,29H,17H2,1-3H3/b28-16-. The molecule has 0 aliphatic carbocycles. The number of sulfonamides is 1. The van der Waals surface area contributed by atoms with Crippen LogP contribution in [0.15, 0.2) is 89.0 Å². The van der Waals surface area contributed by atoms with Gasteiger partial charge in [0.1, 0.15) is 5.82 Å². The van der Waals surface area contributed by atoms with Crippen molar-refractivity contribution in [2.75, 3.05) is 0 Å². The molecular weight excluding hydrogens is 437 g/mol. The number of hydrogen-bond acceptors (Lipinski definition) is 3. The van der Waals surface area contributed by atoms with Gasteiger partial charge < -0.3 is 4.57 Å². The van der Waals surface area contributed by atoms with Crippen LogP contribution in [-0.2, 0) is 22.0 Å². The quantitative estimate of drug-likeness (QED) is 0.306. The minimum atomic E-state index is -3.79. The van der Waals surface area contributed by atoms with E-state index in [1.54, 1.807) is 18.2 Å². The lowest BCUT2D eigenvalue weighted by Crippen LogP contribution is -2.19. The Morgan fingerprint density at radius 2 is 1.73 bits per heavy atom. The third-order valence-electron chi connectivity index (χ3n) is 5.47. The van der Waals surface area contributed by atoms with Crippen molar-refractivity contribution in [3.8, 4) is 0 Å². The SMILES string of the molecule is CC(C)(C)c1ccc(S(=O)(=O)N/N=C\c2cn(Cc3cccc(F)c3)c3ccccc23)cc1. The largest absolute Gasteiger partial charge is 0.342 e. The molecule has 4 aromatic rings. The van der Waals surface area contributed by atoms with Gasteiger partial charge in [0.2, 0.25) is 0 Å². The zero-order chi connectivity index (χ0) is 23.6. The maximum absolute atomic E-state index is 13.6. The normalized spacial score (nSPS) is 12.5. The van der Waals surface area contributed by atoms with Crippen molar-refractivity contribution in [3.05, 3.63) is 102 Å². The number of aromatic nitrogens is 1. The van der Waals surface area contributed by atoms with E-state index in [1.165, 1.54) is 18.3 Å². The fraction of sp³-hybridized carbons (Fsp3) is 0.192. The number of para-hydroxylation sites is 1. The molecule has 0 fully saturated rings. The lowest BCUT2D eigenvalue weighted by molar-refractivity contribution is 0.580. The van der Waals surface area contributed by atoms with Crippen molar-refractivity contribution in [3.63, 3.8) is 0 Å². The lowest BCUT2D eigenvalue weighted by Gasteiger charge is -2.19. The van der Waals surface area contributed by atoms with Crippen LogP contribution in [0.2, 0.25) is 0 Å². The molecule has 0 amide bonds. The molecule has 7 heteroatoms. The summed E-state index contributed by atoms with van der Waals surface area (Å²) in [7, 11) is -3.79. The Balaban J connectivity index is 1.57. The van der Waals surface area contributed by atoms with E-state index in [0.29, 0.717) is 6.54 Å². The van der Waals surface area contributed by atoms with Crippen molar-refractivity contribution in [1.29, 1.82) is 0 Å². The van der Waals surface area contributed by atoms with Crippen molar-refractivity contribution in [2.45, 2.75) is 37.6 Å². The van der Waals surface area contributed by atoms with Crippen LogP contribution in [0.3, 0.4) is 0 Å². The van der Waals surface area contributed by atoms with E-state index < -0.39 is 10.0 Å². The van der Waals surface area contributed by atoms with Crippen LogP contribution < -0.4 is 4.83 Å². The highest BCUT2D eigenvalue weighted by Gasteiger charge is 2.17. The summed E-state index contributed by atoms with van der Waals surface area (Å²) in [5, 5.41) is 4.93. The van der Waals surface area contributed by atoms with Gasteiger partial charge in [-0.15, -0.1) is 0 Å². The van der Waals surface area contributed by atoms with Gasteiger partial charge in [-0.25, -0.2) is 9.22 Å². The average Bonchev–Trinajstić information content (AvgIpc) is 3.11. The minimum Gasteiger partial charge on any atom is -0.342 e. The number of hydrogen-bond donors (Lipinski definition) is 1. The van der Waals surface area contributed by atoms with E-state index in [9.17, 15) is 12.8 Å². The lowest BCUT2D eigenvalue weighted by atomic mass is 9.87. The van der Waals surface area contributed by atoms with E-state index in [0.717, 1.165) is 27.6 Å². The van der Waals surface area contributed by atoms with Crippen LogP contribution in [0.1, 0.15) is 37.5 Å². The molecule has 0 spiro atoms. The first-order valence-electron chi connectivity index (χ1n) is 10.6. The molecule has 0 bridgehead atoms. The summed E-state index contributed by atoms with van der Waals surface area (Å²) >= 11 is 0. The molecule has 1 N–H and O–H groups in total. The van der Waals surface area contributed by atoms with Gasteiger partial charge in [-0.05, 0) is 46.9 Å². The summed E-state index contributed by atoms with van der Waals surface area (Å²) in [6.45, 7) is 6.70. The van der Waals surface area contributed by atoms with Crippen LogP contribution in [0.5, 0.6) is 0 Å². The molecule has 0 unspecified atom stereocenters. The monoisotopic (exact) mass is 463 g/mol. The van der Waals surface area contributed by atoms with E-state index in [1.807, 2.05) is 53.2 Å². The summed E-state index contributed by atoms with van der Waals surface area (Å²) in [4.78, 5) is 2.45. The summed E-state index contributed by atoms with van der Waals surface area (Å²) in [6.07, 6.45) is 3.37. The average molecular weight is 464 g/mol. The zero-order valence-corrected chi connectivity index (χ0v) is 19.6. The second-order valence-electron chi connectivity index (χ2n) is 8.99. The van der Waals surface area contributed by atoms with Crippen molar-refractivity contribution in [1.82, 2.24) is 9.40 Å². The Kier molecular flexibility index (Phi) is 6.08. The Labute approximate surface area is 193 Å². The van der Waals surface area contributed by atoms with Crippen molar-refractivity contribution in [2.24, 2.45) is 5.10 Å². The molecule has 1 heterocycles. The van der Waals surface area contributed by atoms with Gasteiger partial charge in [-0.2, -0.15) is 13.5 Å². The molecule has 33 heavy (non-hydrogen) atoms. The molecular formula is C26H26FN3O2S. The number of halogens is 1. The number of nitrogens with one attached hydrogen (secondary N) is 1. The van der Waals surface area contributed by atoms with Gasteiger partial charge in [-0.3, -0.25) is 0 Å². The van der Waals surface area contributed by atoms with Crippen LogP contribution in [0, 0.1) is 5.82 Å². The number of hydrazone groups is 1. The molecule has 3 aromatic carbocycles. The molecule has 170 valence electrons. The molecule has 5 nitrogen and oxygen atoms in total. The summed E-state index contributed by atoms with van der Waals surface area (Å²) in [5.41, 5.74) is 3.53. The van der Waals surface area contributed by atoms with E-state index in [4.69, 9.17) is 0 Å². The van der Waals surface area contributed by atoms with E-state index in [-0.39, 0.29) is 16.1 Å². The second-order valence-corrected chi connectivity index (χ2v) is 10.6. The number of nitrogens with zero attached hydrogens (tertiary/aromatic N) is 2. The molecule has 0 aliphatic heterocycles. The predicted octanol–water partition coefficient (Wildman–Crippen LogP) is 5.44. The fourth-order valence-corrected chi connectivity index (χ4v) is 4.48. The van der Waals surface area contributed by atoms with E-state index >= 15 is 0 Å². The number of rotatable bonds is 6. The Bertz CT molecular complexity index is 1420. The maximum atomic E-state index is 13.6. The molecule has 4 rings (SSSR count). The highest BCUT2D eigenvalue weighted by molar-refractivity contribution is 7.89. The zero-order valence-electron chi connectivity index (χ0n) is 18.8. The van der Waals surface area contributed by atoms with Gasteiger partial charge in [0.15, 0.2) is 0 Å². The predicted molar refractivity (Wildman–Crippen MR) is 130 cm³/mol. The second kappa shape index (κ2) is 8.83. The van der Waals surface area contributed by atoms with Crippen LogP contribution in [0.25, 0.3) is 10.9 Å². The molecule has 0 aliphatic rings. The highest BCUT2D eigenvalue weighted by atomic mass is 32.2. The van der Waals surface area contributed by atoms with Crippen LogP contribution >= 0.6 is 0 Å². The van der Waals surface area contributed by atoms with Gasteiger partial charge >= 0.3 is 0 Å². The Hall–Kier alpha value is -3.45. The Morgan fingerprint density at radius 3 is 2.42 bits per heavy atom. The first-order valence-corrected chi connectivity index (χ1v) is 12.1. The van der Waals surface area contributed by atoms with Crippen LogP contribution in [-0.4, -0.2) is 19.2 Å². The summed E-state index contributed by atoms with van der Waals surface area (Å²) < 4.78 is 40.9. The summed E-state index contributed by atoms with van der Waals surface area (Å²) in [6, 6.07) is 21.0. The number of fused-ring (bicyclic) bond motifs is 1. The van der Waals surface area contributed by atoms with Crippen LogP contribution in [0.4, 0.5) is 4.39 Å². The fourth-order valence-electron chi connectivity index (χ4n) is 3.69. The smallest absolute Gasteiger partial charge is 0.276 e. The molecule has 0 saturated heterocycles. The number of benzene rings is 3. The minimum absolute atomic E-state index is 0.0619.